The maximum atomic E-state index is 11.5. The molecule has 1 aromatic heterocycles. The lowest BCUT2D eigenvalue weighted by Crippen LogP contribution is -2.01. The van der Waals surface area contributed by atoms with Crippen LogP contribution in [0.3, 0.4) is 0 Å². The molecule has 0 radical (unpaired) electrons. The summed E-state index contributed by atoms with van der Waals surface area (Å²) in [7, 11) is 0. The molecule has 0 aliphatic heterocycles. The first kappa shape index (κ1) is 14.6. The van der Waals surface area contributed by atoms with Crippen LogP contribution >= 0.6 is 23.2 Å². The van der Waals surface area contributed by atoms with Crippen LogP contribution in [0.4, 0.5) is 0 Å². The van der Waals surface area contributed by atoms with Gasteiger partial charge in [-0.05, 0) is 24.3 Å². The van der Waals surface area contributed by atoms with E-state index in [-0.39, 0.29) is 17.0 Å². The number of pyridine rings is 1. The summed E-state index contributed by atoms with van der Waals surface area (Å²) < 4.78 is 0. The van der Waals surface area contributed by atoms with Gasteiger partial charge in [0.05, 0.1) is 5.52 Å². The number of hydrogen-bond acceptors (Lipinski definition) is 3. The van der Waals surface area contributed by atoms with Crippen LogP contribution < -0.4 is 0 Å². The number of aromatic carboxylic acids is 1. The second-order valence-electron chi connectivity index (χ2n) is 4.66. The predicted octanol–water partition coefficient (Wildman–Crippen LogP) is 4.61. The van der Waals surface area contributed by atoms with Crippen molar-refractivity contribution in [3.8, 4) is 17.0 Å². The van der Waals surface area contributed by atoms with Crippen LogP contribution in [0.1, 0.15) is 10.4 Å². The first-order valence-corrected chi connectivity index (χ1v) is 7.04. The largest absolute Gasteiger partial charge is 0.505 e. The van der Waals surface area contributed by atoms with Crippen LogP contribution in [0.5, 0.6) is 5.75 Å². The molecular formula is C16H9Cl2NO3. The third kappa shape index (κ3) is 2.47. The van der Waals surface area contributed by atoms with Gasteiger partial charge in [0.25, 0.3) is 0 Å². The second kappa shape index (κ2) is 5.48. The predicted molar refractivity (Wildman–Crippen MR) is 85.8 cm³/mol. The van der Waals surface area contributed by atoms with Crippen LogP contribution in [0.25, 0.3) is 22.2 Å². The minimum Gasteiger partial charge on any atom is -0.505 e. The normalized spacial score (nSPS) is 10.8. The fourth-order valence-corrected chi connectivity index (χ4v) is 2.55. The summed E-state index contributed by atoms with van der Waals surface area (Å²) in [5, 5.41) is 21.0. The average molecular weight is 334 g/mol. The summed E-state index contributed by atoms with van der Waals surface area (Å²) in [6.07, 6.45) is 0. The topological polar surface area (TPSA) is 70.4 Å². The Morgan fingerprint density at radius 1 is 1.00 bits per heavy atom. The van der Waals surface area contributed by atoms with Crippen LogP contribution in [-0.2, 0) is 0 Å². The Bertz CT molecular complexity index is 892. The van der Waals surface area contributed by atoms with Gasteiger partial charge in [-0.1, -0.05) is 41.4 Å². The first-order valence-electron chi connectivity index (χ1n) is 6.29. The molecule has 0 spiro atoms. The van der Waals surface area contributed by atoms with Gasteiger partial charge in [0, 0.05) is 21.0 Å². The highest BCUT2D eigenvalue weighted by Crippen LogP contribution is 2.36. The number of carbonyl (C=O) groups is 1. The van der Waals surface area contributed by atoms with Crippen LogP contribution in [0, 0.1) is 0 Å². The summed E-state index contributed by atoms with van der Waals surface area (Å²) in [5.74, 6) is -1.62. The van der Waals surface area contributed by atoms with E-state index in [0.717, 1.165) is 0 Å². The third-order valence-corrected chi connectivity index (χ3v) is 3.74. The number of carboxylic acids is 1. The van der Waals surface area contributed by atoms with Gasteiger partial charge in [0.2, 0.25) is 0 Å². The van der Waals surface area contributed by atoms with Crippen molar-refractivity contribution >= 4 is 40.1 Å². The van der Waals surface area contributed by atoms with E-state index in [2.05, 4.69) is 4.98 Å². The molecule has 6 heteroatoms. The molecule has 2 N–H and O–H groups in total. The Balaban J connectivity index is 2.37. The van der Waals surface area contributed by atoms with Crippen molar-refractivity contribution in [1.82, 2.24) is 4.98 Å². The average Bonchev–Trinajstić information content (AvgIpc) is 2.47. The van der Waals surface area contributed by atoms with Gasteiger partial charge in [-0.2, -0.15) is 0 Å². The number of fused-ring (bicyclic) bond motifs is 1. The minimum absolute atomic E-state index is 0.170. The Morgan fingerprint density at radius 3 is 2.27 bits per heavy atom. The van der Waals surface area contributed by atoms with E-state index < -0.39 is 5.97 Å². The molecule has 0 aliphatic carbocycles. The van der Waals surface area contributed by atoms with E-state index in [1.54, 1.807) is 36.4 Å². The van der Waals surface area contributed by atoms with E-state index in [4.69, 9.17) is 23.2 Å². The van der Waals surface area contributed by atoms with E-state index >= 15 is 0 Å². The number of rotatable bonds is 2. The molecule has 0 amide bonds. The van der Waals surface area contributed by atoms with Gasteiger partial charge in [0.1, 0.15) is 11.3 Å². The molecule has 4 nitrogen and oxygen atoms in total. The zero-order valence-electron chi connectivity index (χ0n) is 11.0. The monoisotopic (exact) mass is 333 g/mol. The summed E-state index contributed by atoms with van der Waals surface area (Å²) in [5.41, 5.74) is 0.925. The molecule has 0 saturated carbocycles. The summed E-state index contributed by atoms with van der Waals surface area (Å²) in [6.45, 7) is 0. The van der Waals surface area contributed by atoms with Crippen molar-refractivity contribution in [3.63, 3.8) is 0 Å². The van der Waals surface area contributed by atoms with E-state index in [9.17, 15) is 15.0 Å². The van der Waals surface area contributed by atoms with Crippen molar-refractivity contribution in [2.24, 2.45) is 0 Å². The minimum atomic E-state index is -1.23. The molecule has 0 saturated heterocycles. The van der Waals surface area contributed by atoms with E-state index in [1.807, 2.05) is 0 Å². The highest BCUT2D eigenvalue weighted by molar-refractivity contribution is 6.31. The third-order valence-electron chi connectivity index (χ3n) is 3.25. The van der Waals surface area contributed by atoms with Gasteiger partial charge in [-0.3, -0.25) is 0 Å². The number of halogens is 2. The molecule has 0 atom stereocenters. The smallest absolute Gasteiger partial charge is 0.340 e. The van der Waals surface area contributed by atoms with Crippen LogP contribution in [0.2, 0.25) is 10.0 Å². The Kier molecular flexibility index (Phi) is 3.64. The van der Waals surface area contributed by atoms with Crippen molar-refractivity contribution in [2.45, 2.75) is 0 Å². The SMILES string of the molecule is O=C(O)c1c(O)c(-c2ccc(Cl)cc2)nc2cc(Cl)ccc12. The zero-order valence-corrected chi connectivity index (χ0v) is 12.6. The summed E-state index contributed by atoms with van der Waals surface area (Å²) >= 11 is 11.8. The molecule has 0 aliphatic rings. The standard InChI is InChI=1S/C16H9Cl2NO3/c17-9-3-1-8(2-4-9)14-15(20)13(16(21)22)11-6-5-10(18)7-12(11)19-14/h1-7,20H,(H,21,22). The van der Waals surface area contributed by atoms with Gasteiger partial charge in [-0.15, -0.1) is 0 Å². The van der Waals surface area contributed by atoms with Crippen LogP contribution in [-0.4, -0.2) is 21.2 Å². The van der Waals surface area contributed by atoms with Crippen molar-refractivity contribution in [3.05, 3.63) is 58.1 Å². The van der Waals surface area contributed by atoms with Gasteiger partial charge < -0.3 is 10.2 Å². The van der Waals surface area contributed by atoms with E-state index in [0.29, 0.717) is 26.5 Å². The van der Waals surface area contributed by atoms with Crippen molar-refractivity contribution in [2.75, 3.05) is 0 Å². The number of benzene rings is 2. The maximum absolute atomic E-state index is 11.5. The molecule has 0 unspecified atom stereocenters. The zero-order chi connectivity index (χ0) is 15.9. The van der Waals surface area contributed by atoms with Gasteiger partial charge in [0.15, 0.2) is 5.75 Å². The molecule has 0 fully saturated rings. The fourth-order valence-electron chi connectivity index (χ4n) is 2.25. The molecule has 1 heterocycles. The summed E-state index contributed by atoms with van der Waals surface area (Å²) in [6, 6.07) is 11.2. The second-order valence-corrected chi connectivity index (χ2v) is 5.53. The van der Waals surface area contributed by atoms with Crippen LogP contribution in [0.15, 0.2) is 42.5 Å². The molecule has 110 valence electrons. The van der Waals surface area contributed by atoms with E-state index in [1.165, 1.54) is 6.07 Å². The summed E-state index contributed by atoms with van der Waals surface area (Å²) in [4.78, 5) is 15.9. The van der Waals surface area contributed by atoms with Gasteiger partial charge >= 0.3 is 5.97 Å². The first-order chi connectivity index (χ1) is 10.5. The fraction of sp³-hybridized carbons (Fsp3) is 0. The molecular weight excluding hydrogens is 325 g/mol. The van der Waals surface area contributed by atoms with Crippen molar-refractivity contribution in [1.29, 1.82) is 0 Å². The highest BCUT2D eigenvalue weighted by atomic mass is 35.5. The highest BCUT2D eigenvalue weighted by Gasteiger charge is 2.20. The lowest BCUT2D eigenvalue weighted by Gasteiger charge is -2.11. The lowest BCUT2D eigenvalue weighted by molar-refractivity contribution is 0.0696. The number of nitrogens with zero attached hydrogens (tertiary/aromatic N) is 1. The van der Waals surface area contributed by atoms with Crippen molar-refractivity contribution < 1.29 is 15.0 Å². The Hall–Kier alpha value is -2.30. The lowest BCUT2D eigenvalue weighted by atomic mass is 10.0. The molecule has 0 bridgehead atoms. The molecule has 3 rings (SSSR count). The maximum Gasteiger partial charge on any atom is 0.340 e. The molecule has 2 aromatic carbocycles. The number of hydrogen-bond donors (Lipinski definition) is 2. The Labute approximate surface area is 135 Å². The molecule has 3 aromatic rings. The van der Waals surface area contributed by atoms with Gasteiger partial charge in [-0.25, -0.2) is 9.78 Å². The number of aromatic nitrogens is 1. The quantitative estimate of drug-likeness (QED) is 0.718. The number of carboxylic acid groups (broad SMARTS) is 1. The molecule has 22 heavy (non-hydrogen) atoms. The Morgan fingerprint density at radius 2 is 1.64 bits per heavy atom. The number of aromatic hydroxyl groups is 1.